The largest absolute Gasteiger partial charge is 0.472 e. The van der Waals surface area contributed by atoms with Gasteiger partial charge in [-0.2, -0.15) is 0 Å². The van der Waals surface area contributed by atoms with E-state index in [0.717, 1.165) is 38.5 Å². The summed E-state index contributed by atoms with van der Waals surface area (Å²) in [5.74, 6) is -0.138. The summed E-state index contributed by atoms with van der Waals surface area (Å²) in [5.41, 5.74) is 0. The smallest absolute Gasteiger partial charge is 0.391 e. The number of phosphoric ester groups is 1. The monoisotopic (exact) mass is 972 g/mol. The van der Waals surface area contributed by atoms with Crippen LogP contribution in [-0.4, -0.2) is 73.4 Å². The molecule has 0 rings (SSSR count). The maximum absolute atomic E-state index is 12.9. The third-order valence-corrected chi connectivity index (χ3v) is 15.1. The predicted octanol–water partition coefficient (Wildman–Crippen LogP) is 18.0. The fourth-order valence-electron chi connectivity index (χ4n) is 9.40. The number of hydrogen-bond donors (Lipinski definition) is 3. The quantitative estimate of drug-likeness (QED) is 0.0319. The number of quaternary nitrogens is 1. The molecule has 67 heavy (non-hydrogen) atoms. The van der Waals surface area contributed by atoms with Crippen molar-refractivity contribution in [3.05, 3.63) is 0 Å². The van der Waals surface area contributed by atoms with Crippen LogP contribution < -0.4 is 5.32 Å². The molecule has 0 saturated heterocycles. The van der Waals surface area contributed by atoms with E-state index in [2.05, 4.69) is 19.2 Å². The summed E-state index contributed by atoms with van der Waals surface area (Å²) >= 11 is 0. The number of unbranched alkanes of at least 4 members (excludes halogenated alkanes) is 43. The van der Waals surface area contributed by atoms with Gasteiger partial charge in [0.2, 0.25) is 5.91 Å². The lowest BCUT2D eigenvalue weighted by molar-refractivity contribution is -0.870. The van der Waals surface area contributed by atoms with Crippen molar-refractivity contribution in [3.63, 3.8) is 0 Å². The molecule has 0 aliphatic rings. The molecule has 0 radical (unpaired) electrons. The average Bonchev–Trinajstić information content (AvgIpc) is 3.29. The Bertz CT molecular complexity index is 1060. The summed E-state index contributed by atoms with van der Waals surface area (Å²) in [6.07, 6.45) is 60.4. The number of aliphatic hydroxyl groups excluding tert-OH is 1. The summed E-state index contributed by atoms with van der Waals surface area (Å²) in [7, 11) is 1.64. The molecule has 0 spiro atoms. The van der Waals surface area contributed by atoms with Crippen molar-refractivity contribution >= 4 is 13.7 Å². The van der Waals surface area contributed by atoms with E-state index < -0.39 is 20.0 Å². The van der Waals surface area contributed by atoms with Crippen LogP contribution >= 0.6 is 7.82 Å². The van der Waals surface area contributed by atoms with Crippen LogP contribution in [0.2, 0.25) is 0 Å². The van der Waals surface area contributed by atoms with Crippen LogP contribution in [0.15, 0.2) is 0 Å². The van der Waals surface area contributed by atoms with E-state index in [-0.39, 0.29) is 19.1 Å². The first-order valence-corrected chi connectivity index (χ1v) is 31.4. The van der Waals surface area contributed by atoms with Crippen molar-refractivity contribution in [2.45, 2.75) is 328 Å². The van der Waals surface area contributed by atoms with E-state index in [1.165, 1.54) is 250 Å². The van der Waals surface area contributed by atoms with Gasteiger partial charge in [-0.3, -0.25) is 13.8 Å². The highest BCUT2D eigenvalue weighted by atomic mass is 31.2. The molecule has 3 N–H and O–H groups in total. The summed E-state index contributed by atoms with van der Waals surface area (Å²) in [5, 5.41) is 14.1. The maximum atomic E-state index is 12.9. The number of nitrogens with zero attached hydrogens (tertiary/aromatic N) is 1. The van der Waals surface area contributed by atoms with Gasteiger partial charge in [-0.05, 0) is 12.8 Å². The Morgan fingerprint density at radius 1 is 0.448 bits per heavy atom. The van der Waals surface area contributed by atoms with E-state index in [1.807, 2.05) is 21.1 Å². The molecule has 3 unspecified atom stereocenters. The van der Waals surface area contributed by atoms with Gasteiger partial charge < -0.3 is 19.8 Å². The lowest BCUT2D eigenvalue weighted by Gasteiger charge is -2.26. The van der Waals surface area contributed by atoms with Gasteiger partial charge in [0.25, 0.3) is 0 Å². The lowest BCUT2D eigenvalue weighted by atomic mass is 10.0. The third kappa shape index (κ3) is 53.1. The highest BCUT2D eigenvalue weighted by Crippen LogP contribution is 2.43. The van der Waals surface area contributed by atoms with Crippen molar-refractivity contribution < 1.29 is 32.9 Å². The molecule has 402 valence electrons. The van der Waals surface area contributed by atoms with Crippen LogP contribution in [0.4, 0.5) is 0 Å². The predicted molar refractivity (Wildman–Crippen MR) is 291 cm³/mol. The highest BCUT2D eigenvalue weighted by molar-refractivity contribution is 7.47. The van der Waals surface area contributed by atoms with Crippen molar-refractivity contribution in [2.24, 2.45) is 0 Å². The summed E-state index contributed by atoms with van der Waals surface area (Å²) in [4.78, 5) is 23.3. The Morgan fingerprint density at radius 3 is 1.00 bits per heavy atom. The van der Waals surface area contributed by atoms with Gasteiger partial charge in [-0.25, -0.2) is 4.57 Å². The minimum Gasteiger partial charge on any atom is -0.391 e. The number of amides is 1. The average molecular weight is 973 g/mol. The molecule has 9 heteroatoms. The highest BCUT2D eigenvalue weighted by Gasteiger charge is 2.28. The molecule has 0 aliphatic heterocycles. The van der Waals surface area contributed by atoms with Crippen LogP contribution in [0.3, 0.4) is 0 Å². The molecule has 0 aromatic rings. The molecule has 0 aliphatic carbocycles. The summed E-state index contributed by atoms with van der Waals surface area (Å²) < 4.78 is 23.8. The van der Waals surface area contributed by atoms with Gasteiger partial charge in [-0.1, -0.05) is 296 Å². The molecule has 0 fully saturated rings. The van der Waals surface area contributed by atoms with Crippen molar-refractivity contribution in [1.82, 2.24) is 5.32 Å². The molecule has 0 bridgehead atoms. The fraction of sp³-hybridized carbons (Fsp3) is 0.983. The summed E-state index contributed by atoms with van der Waals surface area (Å²) in [6, 6.07) is -0.754. The van der Waals surface area contributed by atoms with E-state index in [0.29, 0.717) is 23.9 Å². The number of carbonyl (C=O) groups is 1. The van der Waals surface area contributed by atoms with Crippen LogP contribution in [0.25, 0.3) is 0 Å². The molecule has 0 saturated carbocycles. The van der Waals surface area contributed by atoms with E-state index >= 15 is 0 Å². The van der Waals surface area contributed by atoms with Gasteiger partial charge in [0.05, 0.1) is 39.9 Å². The van der Waals surface area contributed by atoms with Gasteiger partial charge >= 0.3 is 7.82 Å². The zero-order chi connectivity index (χ0) is 49.2. The minimum atomic E-state index is -4.31. The normalized spacial score (nSPS) is 13.8. The second-order valence-electron chi connectivity index (χ2n) is 22.1. The first-order chi connectivity index (χ1) is 32.5. The number of likely N-dealkylation sites (N-methyl/N-ethyl adjacent to an activating group) is 1. The van der Waals surface area contributed by atoms with E-state index in [1.54, 1.807) is 0 Å². The standard InChI is InChI=1S/C58H119N2O6P/c1-6-8-10-12-14-16-18-20-21-22-23-24-25-26-27-28-29-30-31-32-33-34-35-36-37-38-40-41-43-45-47-49-51-57(61)56(55-66-67(63,64)65-54-53-60(3,4)5)59-58(62)52-50-48-46-44-42-39-19-17-15-13-11-9-7-2/h56-57,61H,6-55H2,1-5H3,(H-,59,62,63,64)/p+1. The number of rotatable bonds is 56. The van der Waals surface area contributed by atoms with Crippen molar-refractivity contribution in [2.75, 3.05) is 40.9 Å². The molecular formula is C58H120N2O6P+. The fourth-order valence-corrected chi connectivity index (χ4v) is 10.1. The Labute approximate surface area is 419 Å². The number of hydrogen-bond acceptors (Lipinski definition) is 5. The van der Waals surface area contributed by atoms with E-state index in [9.17, 15) is 19.4 Å². The number of carbonyl (C=O) groups excluding carboxylic acids is 1. The molecule has 0 aromatic carbocycles. The zero-order valence-electron chi connectivity index (χ0n) is 45.9. The van der Waals surface area contributed by atoms with E-state index in [4.69, 9.17) is 9.05 Å². The Kier molecular flexibility index (Phi) is 50.1. The van der Waals surface area contributed by atoms with Crippen LogP contribution in [-0.2, 0) is 18.4 Å². The van der Waals surface area contributed by atoms with Gasteiger partial charge in [-0.15, -0.1) is 0 Å². The minimum absolute atomic E-state index is 0.0790. The Hall–Kier alpha value is -0.500. The molecule has 8 nitrogen and oxygen atoms in total. The first-order valence-electron chi connectivity index (χ1n) is 29.9. The molecule has 0 aromatic heterocycles. The Morgan fingerprint density at radius 2 is 0.716 bits per heavy atom. The molecule has 3 atom stereocenters. The lowest BCUT2D eigenvalue weighted by Crippen LogP contribution is -2.46. The van der Waals surface area contributed by atoms with Gasteiger partial charge in [0.1, 0.15) is 13.2 Å². The number of nitrogens with one attached hydrogen (secondary N) is 1. The van der Waals surface area contributed by atoms with Gasteiger partial charge in [0.15, 0.2) is 0 Å². The first kappa shape index (κ1) is 66.5. The number of phosphoric acid groups is 1. The Balaban J connectivity index is 3.95. The third-order valence-electron chi connectivity index (χ3n) is 14.1. The van der Waals surface area contributed by atoms with Crippen molar-refractivity contribution in [1.29, 1.82) is 0 Å². The molecule has 0 heterocycles. The number of aliphatic hydroxyl groups is 1. The summed E-state index contributed by atoms with van der Waals surface area (Å²) in [6.45, 7) is 4.93. The molecular weight excluding hydrogens is 852 g/mol. The van der Waals surface area contributed by atoms with Gasteiger partial charge in [0, 0.05) is 6.42 Å². The SMILES string of the molecule is CCCCCCCCCCCCCCCCCCCCCCCCCCCCCCCCCCC(O)C(COP(=O)(O)OCC[N+](C)(C)C)NC(=O)CCCCCCCCCCCCCCC. The maximum Gasteiger partial charge on any atom is 0.472 e. The zero-order valence-corrected chi connectivity index (χ0v) is 46.8. The van der Waals surface area contributed by atoms with Crippen LogP contribution in [0.1, 0.15) is 316 Å². The topological polar surface area (TPSA) is 105 Å². The molecule has 1 amide bonds. The van der Waals surface area contributed by atoms with Crippen molar-refractivity contribution in [3.8, 4) is 0 Å². The second-order valence-corrected chi connectivity index (χ2v) is 23.5. The second kappa shape index (κ2) is 50.4. The van der Waals surface area contributed by atoms with Crippen LogP contribution in [0, 0.1) is 0 Å². The van der Waals surface area contributed by atoms with Crippen LogP contribution in [0.5, 0.6) is 0 Å².